The van der Waals surface area contributed by atoms with Crippen molar-refractivity contribution in [3.05, 3.63) is 0 Å². The van der Waals surface area contributed by atoms with Gasteiger partial charge in [0.15, 0.2) is 0 Å². The minimum atomic E-state index is 0.250. The Kier molecular flexibility index (Phi) is 5.49. The van der Waals surface area contributed by atoms with Gasteiger partial charge in [-0.3, -0.25) is 0 Å². The molecule has 1 fully saturated rings. The van der Waals surface area contributed by atoms with Crippen LogP contribution in [-0.2, 0) is 4.74 Å². The second kappa shape index (κ2) is 6.41. The second-order valence-corrected chi connectivity index (χ2v) is 4.88. The van der Waals surface area contributed by atoms with Crippen LogP contribution in [0.2, 0.25) is 0 Å². The molecule has 1 rings (SSSR count). The highest BCUT2D eigenvalue weighted by molar-refractivity contribution is 4.72. The zero-order chi connectivity index (χ0) is 10.4. The normalized spacial score (nSPS) is 21.4. The third-order valence-corrected chi connectivity index (χ3v) is 3.00. The third kappa shape index (κ3) is 4.97. The van der Waals surface area contributed by atoms with Gasteiger partial charge in [0.2, 0.25) is 0 Å². The molecule has 0 heterocycles. The molecule has 2 N–H and O–H groups in total. The van der Waals surface area contributed by atoms with Crippen molar-refractivity contribution >= 4 is 0 Å². The molecule has 84 valence electrons. The van der Waals surface area contributed by atoms with E-state index in [1.807, 2.05) is 0 Å². The van der Waals surface area contributed by atoms with E-state index in [0.29, 0.717) is 6.10 Å². The van der Waals surface area contributed by atoms with Crippen molar-refractivity contribution < 1.29 is 4.74 Å². The smallest absolute Gasteiger partial charge is 0.0621 e. The fourth-order valence-corrected chi connectivity index (χ4v) is 2.24. The van der Waals surface area contributed by atoms with E-state index in [0.717, 1.165) is 18.9 Å². The summed E-state index contributed by atoms with van der Waals surface area (Å²) in [4.78, 5) is 0. The van der Waals surface area contributed by atoms with Crippen LogP contribution in [0.1, 0.15) is 52.4 Å². The maximum absolute atomic E-state index is 6.03. The van der Waals surface area contributed by atoms with Gasteiger partial charge in [-0.25, -0.2) is 0 Å². The minimum absolute atomic E-state index is 0.250. The summed E-state index contributed by atoms with van der Waals surface area (Å²) in [5.41, 5.74) is 6.03. The van der Waals surface area contributed by atoms with Gasteiger partial charge < -0.3 is 10.5 Å². The van der Waals surface area contributed by atoms with Crippen LogP contribution in [0.5, 0.6) is 0 Å². The second-order valence-electron chi connectivity index (χ2n) is 4.88. The highest BCUT2D eigenvalue weighted by Crippen LogP contribution is 2.26. The van der Waals surface area contributed by atoms with E-state index in [-0.39, 0.29) is 6.04 Å². The fraction of sp³-hybridized carbons (Fsp3) is 1.00. The van der Waals surface area contributed by atoms with E-state index in [9.17, 15) is 0 Å². The van der Waals surface area contributed by atoms with Gasteiger partial charge in [0.1, 0.15) is 0 Å². The first kappa shape index (κ1) is 12.0. The van der Waals surface area contributed by atoms with E-state index >= 15 is 0 Å². The Morgan fingerprint density at radius 1 is 1.21 bits per heavy atom. The van der Waals surface area contributed by atoms with Crippen molar-refractivity contribution in [3.63, 3.8) is 0 Å². The predicted octanol–water partition coefficient (Wildman–Crippen LogP) is 2.71. The molecule has 0 bridgehead atoms. The number of ether oxygens (including phenoxy) is 1. The summed E-state index contributed by atoms with van der Waals surface area (Å²) in [5.74, 6) is 0.870. The molecule has 2 nitrogen and oxygen atoms in total. The van der Waals surface area contributed by atoms with Crippen LogP contribution >= 0.6 is 0 Å². The van der Waals surface area contributed by atoms with Crippen LogP contribution < -0.4 is 5.73 Å². The van der Waals surface area contributed by atoms with Gasteiger partial charge in [-0.1, -0.05) is 32.1 Å². The van der Waals surface area contributed by atoms with E-state index in [2.05, 4.69) is 13.8 Å². The molecule has 1 aliphatic carbocycles. The molecule has 0 radical (unpaired) electrons. The lowest BCUT2D eigenvalue weighted by Gasteiger charge is -2.24. The summed E-state index contributed by atoms with van der Waals surface area (Å²) in [5, 5.41) is 0. The lowest BCUT2D eigenvalue weighted by Crippen LogP contribution is -2.30. The van der Waals surface area contributed by atoms with Gasteiger partial charge in [-0.2, -0.15) is 0 Å². The molecule has 1 atom stereocenters. The predicted molar refractivity (Wildman–Crippen MR) is 60.3 cm³/mol. The molecular weight excluding hydrogens is 174 g/mol. The van der Waals surface area contributed by atoms with Crippen molar-refractivity contribution in [1.29, 1.82) is 0 Å². The van der Waals surface area contributed by atoms with Crippen molar-refractivity contribution in [2.75, 3.05) is 6.61 Å². The van der Waals surface area contributed by atoms with Crippen LogP contribution in [-0.4, -0.2) is 18.8 Å². The van der Waals surface area contributed by atoms with E-state index in [1.165, 1.54) is 32.1 Å². The average molecular weight is 199 g/mol. The van der Waals surface area contributed by atoms with Crippen LogP contribution in [0.15, 0.2) is 0 Å². The fourth-order valence-electron chi connectivity index (χ4n) is 2.24. The zero-order valence-corrected chi connectivity index (χ0v) is 9.67. The van der Waals surface area contributed by atoms with Crippen molar-refractivity contribution in [2.45, 2.75) is 64.5 Å². The molecule has 0 aromatic heterocycles. The van der Waals surface area contributed by atoms with Gasteiger partial charge in [0.05, 0.1) is 12.7 Å². The third-order valence-electron chi connectivity index (χ3n) is 3.00. The summed E-state index contributed by atoms with van der Waals surface area (Å²) in [7, 11) is 0. The average Bonchev–Trinajstić information content (AvgIpc) is 2.16. The Morgan fingerprint density at radius 2 is 1.86 bits per heavy atom. The summed E-state index contributed by atoms with van der Waals surface area (Å²) >= 11 is 0. The van der Waals surface area contributed by atoms with Crippen LogP contribution in [0.3, 0.4) is 0 Å². The monoisotopic (exact) mass is 199 g/mol. The maximum atomic E-state index is 6.03. The molecule has 14 heavy (non-hydrogen) atoms. The van der Waals surface area contributed by atoms with Crippen LogP contribution in [0, 0.1) is 5.92 Å². The molecule has 0 saturated heterocycles. The molecule has 1 aliphatic rings. The molecule has 0 aromatic rings. The number of rotatable bonds is 5. The summed E-state index contributed by atoms with van der Waals surface area (Å²) < 4.78 is 5.52. The van der Waals surface area contributed by atoms with Gasteiger partial charge in [-0.15, -0.1) is 0 Å². The Hall–Kier alpha value is -0.0800. The van der Waals surface area contributed by atoms with Gasteiger partial charge in [0, 0.05) is 6.04 Å². The first-order valence-electron chi connectivity index (χ1n) is 6.05. The molecular formula is C12H25NO. The molecule has 0 spiro atoms. The maximum Gasteiger partial charge on any atom is 0.0621 e. The summed E-state index contributed by atoms with van der Waals surface area (Å²) in [6, 6.07) is 0.250. The summed E-state index contributed by atoms with van der Waals surface area (Å²) in [6.45, 7) is 4.86. The van der Waals surface area contributed by atoms with Crippen molar-refractivity contribution in [2.24, 2.45) is 11.7 Å². The van der Waals surface area contributed by atoms with Gasteiger partial charge in [0.25, 0.3) is 0 Å². The van der Waals surface area contributed by atoms with Crippen molar-refractivity contribution in [1.82, 2.24) is 0 Å². The molecule has 0 aromatic carbocycles. The standard InChI is InChI=1S/C12H25NO/c1-10(2)14-9-12(13)8-11-6-4-3-5-7-11/h10-12H,3-9,13H2,1-2H3. The topological polar surface area (TPSA) is 35.2 Å². The largest absolute Gasteiger partial charge is 0.377 e. The van der Waals surface area contributed by atoms with Crippen LogP contribution in [0.25, 0.3) is 0 Å². The Labute approximate surface area is 88.2 Å². The highest BCUT2D eigenvalue weighted by atomic mass is 16.5. The van der Waals surface area contributed by atoms with Crippen LogP contribution in [0.4, 0.5) is 0 Å². The summed E-state index contributed by atoms with van der Waals surface area (Å²) in [6.07, 6.45) is 8.48. The molecule has 1 saturated carbocycles. The Bertz CT molecular complexity index is 141. The molecule has 1 unspecified atom stereocenters. The van der Waals surface area contributed by atoms with E-state index < -0.39 is 0 Å². The SMILES string of the molecule is CC(C)OCC(N)CC1CCCCC1. The van der Waals surface area contributed by atoms with Gasteiger partial charge >= 0.3 is 0 Å². The lowest BCUT2D eigenvalue weighted by molar-refractivity contribution is 0.0625. The Morgan fingerprint density at radius 3 is 2.43 bits per heavy atom. The molecule has 2 heteroatoms. The minimum Gasteiger partial charge on any atom is -0.377 e. The quantitative estimate of drug-likeness (QED) is 0.739. The highest BCUT2D eigenvalue weighted by Gasteiger charge is 2.16. The number of hydrogen-bond acceptors (Lipinski definition) is 2. The first-order chi connectivity index (χ1) is 6.68. The molecule has 0 aliphatic heterocycles. The lowest BCUT2D eigenvalue weighted by atomic mass is 9.85. The number of hydrogen-bond donors (Lipinski definition) is 1. The van der Waals surface area contributed by atoms with E-state index in [4.69, 9.17) is 10.5 Å². The van der Waals surface area contributed by atoms with Crippen molar-refractivity contribution in [3.8, 4) is 0 Å². The first-order valence-corrected chi connectivity index (χ1v) is 6.05. The molecule has 0 amide bonds. The zero-order valence-electron chi connectivity index (χ0n) is 9.67. The number of nitrogens with two attached hydrogens (primary N) is 1. The Balaban J connectivity index is 2.09. The van der Waals surface area contributed by atoms with Gasteiger partial charge in [-0.05, 0) is 26.2 Å². The van der Waals surface area contributed by atoms with E-state index in [1.54, 1.807) is 0 Å².